The lowest BCUT2D eigenvalue weighted by Crippen LogP contribution is -2.16. The number of thioether (sulfide) groups is 1. The molecule has 0 saturated carbocycles. The lowest BCUT2D eigenvalue weighted by Gasteiger charge is -2.27. The highest BCUT2D eigenvalue weighted by atomic mass is 35.5. The molecule has 1 unspecified atom stereocenters. The number of benzene rings is 2. The Labute approximate surface area is 136 Å². The summed E-state index contributed by atoms with van der Waals surface area (Å²) in [6.45, 7) is 0. The number of hydrogen-bond donors (Lipinski definition) is 1. The van der Waals surface area contributed by atoms with Crippen molar-refractivity contribution < 1.29 is 0 Å². The molecule has 0 spiro atoms. The van der Waals surface area contributed by atoms with Gasteiger partial charge in [-0.3, -0.25) is 0 Å². The van der Waals surface area contributed by atoms with Gasteiger partial charge in [0.1, 0.15) is 0 Å². The van der Waals surface area contributed by atoms with E-state index in [1.807, 2.05) is 23.3 Å². The summed E-state index contributed by atoms with van der Waals surface area (Å²) in [4.78, 5) is 5.66. The van der Waals surface area contributed by atoms with E-state index in [2.05, 4.69) is 40.6 Å². The van der Waals surface area contributed by atoms with E-state index >= 15 is 0 Å². The molecule has 1 N–H and O–H groups in total. The number of fused-ring (bicyclic) bond motifs is 2. The first-order valence-electron chi connectivity index (χ1n) is 6.82. The predicted molar refractivity (Wildman–Crippen MR) is 92.8 cm³/mol. The Balaban J connectivity index is 1.67. The van der Waals surface area contributed by atoms with Crippen LogP contribution in [0.25, 0.3) is 10.2 Å². The number of rotatable bonds is 2. The molecule has 3 aromatic rings. The van der Waals surface area contributed by atoms with Gasteiger partial charge in [-0.2, -0.15) is 0 Å². The first-order valence-corrected chi connectivity index (χ1v) is 9.06. The van der Waals surface area contributed by atoms with Crippen LogP contribution in [0.3, 0.4) is 0 Å². The number of aromatic nitrogens is 1. The molecule has 0 amide bonds. The molecule has 106 valence electrons. The maximum atomic E-state index is 6.16. The molecule has 0 bridgehead atoms. The van der Waals surface area contributed by atoms with Gasteiger partial charge in [-0.15, -0.1) is 23.1 Å². The van der Waals surface area contributed by atoms with Crippen molar-refractivity contribution in [3.05, 3.63) is 52.5 Å². The largest absolute Gasteiger partial charge is 0.378 e. The normalized spacial score (nSPS) is 17.7. The Morgan fingerprint density at radius 1 is 1.19 bits per heavy atom. The van der Waals surface area contributed by atoms with Crippen LogP contribution < -0.4 is 5.32 Å². The SMILES string of the molecule is Clc1ccc2c(c1)C(Nc1ccc3ncsc3c1)CCS2. The van der Waals surface area contributed by atoms with Gasteiger partial charge in [0.15, 0.2) is 0 Å². The van der Waals surface area contributed by atoms with Crippen LogP contribution in [0.5, 0.6) is 0 Å². The van der Waals surface area contributed by atoms with E-state index in [9.17, 15) is 0 Å². The van der Waals surface area contributed by atoms with Crippen LogP contribution in [0, 0.1) is 0 Å². The second kappa shape index (κ2) is 5.52. The van der Waals surface area contributed by atoms with E-state index in [-0.39, 0.29) is 0 Å². The van der Waals surface area contributed by atoms with Gasteiger partial charge in [0.25, 0.3) is 0 Å². The molecule has 1 atom stereocenters. The zero-order valence-corrected chi connectivity index (χ0v) is 13.6. The molecule has 1 aliphatic heterocycles. The minimum Gasteiger partial charge on any atom is -0.378 e. The molecule has 5 heteroatoms. The van der Waals surface area contributed by atoms with Crippen LogP contribution in [0.15, 0.2) is 46.8 Å². The fraction of sp³-hybridized carbons (Fsp3) is 0.188. The van der Waals surface area contributed by atoms with Gasteiger partial charge in [-0.05, 0) is 48.4 Å². The monoisotopic (exact) mass is 332 g/mol. The molecule has 1 aromatic heterocycles. The van der Waals surface area contributed by atoms with Gasteiger partial charge < -0.3 is 5.32 Å². The van der Waals surface area contributed by atoms with Crippen LogP contribution in [0.1, 0.15) is 18.0 Å². The zero-order chi connectivity index (χ0) is 14.2. The van der Waals surface area contributed by atoms with Crippen LogP contribution in [-0.2, 0) is 0 Å². The number of hydrogen-bond acceptors (Lipinski definition) is 4. The molecule has 0 fully saturated rings. The average Bonchev–Trinajstić information content (AvgIpc) is 2.95. The van der Waals surface area contributed by atoms with E-state index in [1.165, 1.54) is 15.2 Å². The van der Waals surface area contributed by atoms with Crippen molar-refractivity contribution in [2.75, 3.05) is 11.1 Å². The van der Waals surface area contributed by atoms with Crippen molar-refractivity contribution in [1.82, 2.24) is 4.98 Å². The molecular formula is C16H13ClN2S2. The van der Waals surface area contributed by atoms with Crippen molar-refractivity contribution >= 4 is 50.6 Å². The highest BCUT2D eigenvalue weighted by Crippen LogP contribution is 2.39. The van der Waals surface area contributed by atoms with E-state index in [1.54, 1.807) is 11.3 Å². The number of anilines is 1. The Bertz CT molecular complexity index is 800. The quantitative estimate of drug-likeness (QED) is 0.661. The maximum Gasteiger partial charge on any atom is 0.0813 e. The zero-order valence-electron chi connectivity index (χ0n) is 11.2. The summed E-state index contributed by atoms with van der Waals surface area (Å²) in [5.74, 6) is 1.13. The third-order valence-electron chi connectivity index (χ3n) is 3.68. The number of thiazole rings is 1. The fourth-order valence-electron chi connectivity index (χ4n) is 2.66. The predicted octanol–water partition coefficient (Wildman–Crippen LogP) is 5.60. The molecule has 2 nitrogen and oxygen atoms in total. The Hall–Kier alpha value is -1.23. The summed E-state index contributed by atoms with van der Waals surface area (Å²) in [5.41, 5.74) is 5.41. The van der Waals surface area contributed by atoms with Crippen LogP contribution in [-0.4, -0.2) is 10.7 Å². The lowest BCUT2D eigenvalue weighted by molar-refractivity contribution is 0.729. The van der Waals surface area contributed by atoms with Crippen molar-refractivity contribution in [1.29, 1.82) is 0 Å². The molecule has 2 heterocycles. The van der Waals surface area contributed by atoms with E-state index in [0.717, 1.165) is 28.4 Å². The van der Waals surface area contributed by atoms with E-state index in [0.29, 0.717) is 6.04 Å². The first-order chi connectivity index (χ1) is 10.3. The van der Waals surface area contributed by atoms with Gasteiger partial charge in [0, 0.05) is 21.4 Å². The summed E-state index contributed by atoms with van der Waals surface area (Å²) >= 11 is 9.75. The third kappa shape index (κ3) is 2.63. The van der Waals surface area contributed by atoms with Gasteiger partial charge in [-0.25, -0.2) is 4.98 Å². The Morgan fingerprint density at radius 3 is 3.10 bits per heavy atom. The second-order valence-electron chi connectivity index (χ2n) is 5.05. The smallest absolute Gasteiger partial charge is 0.0813 e. The highest BCUT2D eigenvalue weighted by Gasteiger charge is 2.21. The Kier molecular flexibility index (Phi) is 3.53. The van der Waals surface area contributed by atoms with Crippen LogP contribution >= 0.6 is 34.7 Å². The lowest BCUT2D eigenvalue weighted by atomic mass is 10.0. The summed E-state index contributed by atoms with van der Waals surface area (Å²) in [5, 5.41) is 4.46. The van der Waals surface area contributed by atoms with Gasteiger partial charge >= 0.3 is 0 Å². The van der Waals surface area contributed by atoms with Gasteiger partial charge in [-0.1, -0.05) is 11.6 Å². The van der Waals surface area contributed by atoms with Crippen LogP contribution in [0.2, 0.25) is 5.02 Å². The van der Waals surface area contributed by atoms with Crippen molar-refractivity contribution in [3.63, 3.8) is 0 Å². The fourth-order valence-corrected chi connectivity index (χ4v) is 4.66. The molecular weight excluding hydrogens is 320 g/mol. The molecule has 0 saturated heterocycles. The molecule has 2 aromatic carbocycles. The van der Waals surface area contributed by atoms with E-state index < -0.39 is 0 Å². The highest BCUT2D eigenvalue weighted by molar-refractivity contribution is 7.99. The molecule has 4 rings (SSSR count). The van der Waals surface area contributed by atoms with Crippen molar-refractivity contribution in [2.45, 2.75) is 17.4 Å². The topological polar surface area (TPSA) is 24.9 Å². The van der Waals surface area contributed by atoms with Crippen LogP contribution in [0.4, 0.5) is 5.69 Å². The summed E-state index contributed by atoms with van der Waals surface area (Å²) < 4.78 is 1.22. The van der Waals surface area contributed by atoms with Crippen molar-refractivity contribution in [3.8, 4) is 0 Å². The second-order valence-corrected chi connectivity index (χ2v) is 7.51. The van der Waals surface area contributed by atoms with Gasteiger partial charge in [0.05, 0.1) is 21.8 Å². The average molecular weight is 333 g/mol. The Morgan fingerprint density at radius 2 is 2.14 bits per heavy atom. The summed E-state index contributed by atoms with van der Waals surface area (Å²) in [6, 6.07) is 12.9. The summed E-state index contributed by atoms with van der Waals surface area (Å²) in [7, 11) is 0. The van der Waals surface area contributed by atoms with E-state index in [4.69, 9.17) is 11.6 Å². The molecule has 0 radical (unpaired) electrons. The summed E-state index contributed by atoms with van der Waals surface area (Å²) in [6.07, 6.45) is 1.11. The first kappa shape index (κ1) is 13.4. The number of nitrogens with zero attached hydrogens (tertiary/aromatic N) is 1. The third-order valence-corrected chi connectivity index (χ3v) is 5.83. The number of nitrogens with one attached hydrogen (secondary N) is 1. The molecule has 0 aliphatic carbocycles. The molecule has 1 aliphatic rings. The van der Waals surface area contributed by atoms with Gasteiger partial charge in [0.2, 0.25) is 0 Å². The number of halogens is 1. The minimum atomic E-state index is 0.324. The minimum absolute atomic E-state index is 0.324. The van der Waals surface area contributed by atoms with Crippen molar-refractivity contribution in [2.24, 2.45) is 0 Å². The standard InChI is InChI=1S/C16H13ClN2S2/c17-10-1-4-15-12(7-10)13(5-6-20-15)19-11-2-3-14-16(8-11)21-9-18-14/h1-4,7-9,13,19H,5-6H2. The maximum absolute atomic E-state index is 6.16. The molecule has 21 heavy (non-hydrogen) atoms.